The largest absolute Gasteiger partial charge is 0.362 e. The van der Waals surface area contributed by atoms with Gasteiger partial charge >= 0.3 is 0 Å². The van der Waals surface area contributed by atoms with Gasteiger partial charge in [-0.25, -0.2) is 0 Å². The highest BCUT2D eigenvalue weighted by molar-refractivity contribution is 5.94. The zero-order valence-corrected chi connectivity index (χ0v) is 16.3. The molecule has 1 N–H and O–H groups in total. The molecule has 5 heteroatoms. The molecule has 1 fully saturated rings. The molecule has 1 heterocycles. The van der Waals surface area contributed by atoms with Crippen LogP contribution in [0.5, 0.6) is 0 Å². The summed E-state index contributed by atoms with van der Waals surface area (Å²) >= 11 is 0. The maximum atomic E-state index is 12.6. The maximum Gasteiger partial charge on any atom is 0.253 e. The number of nitrogens with one attached hydrogen (secondary N) is 1. The lowest BCUT2D eigenvalue weighted by Crippen LogP contribution is -2.46. The number of carbonyl (C=O) groups excluding carboxylic acids is 2. The zero-order chi connectivity index (χ0) is 18.7. The van der Waals surface area contributed by atoms with E-state index in [1.54, 1.807) is 19.0 Å². The molecule has 0 saturated heterocycles. The van der Waals surface area contributed by atoms with Crippen LogP contribution in [0.25, 0.3) is 0 Å². The van der Waals surface area contributed by atoms with Gasteiger partial charge in [0, 0.05) is 37.9 Å². The van der Waals surface area contributed by atoms with Gasteiger partial charge in [-0.2, -0.15) is 0 Å². The van der Waals surface area contributed by atoms with E-state index in [-0.39, 0.29) is 11.8 Å². The molecule has 2 atom stereocenters. The fourth-order valence-corrected chi connectivity index (χ4v) is 4.19. The van der Waals surface area contributed by atoms with E-state index in [1.807, 2.05) is 18.2 Å². The van der Waals surface area contributed by atoms with Crippen molar-refractivity contribution in [3.8, 4) is 0 Å². The summed E-state index contributed by atoms with van der Waals surface area (Å²) in [6, 6.07) is 6.19. The SMILES string of the molecule is C[C@H]1CCCC[C@H]1NC(=O)CN1CCCc2cc(C(=O)N(C)C)ccc21. The van der Waals surface area contributed by atoms with Crippen molar-refractivity contribution < 1.29 is 9.59 Å². The van der Waals surface area contributed by atoms with Crippen LogP contribution in [0.15, 0.2) is 18.2 Å². The summed E-state index contributed by atoms with van der Waals surface area (Å²) in [5, 5.41) is 3.25. The number of nitrogens with zero attached hydrogens (tertiary/aromatic N) is 2. The number of rotatable bonds is 4. The van der Waals surface area contributed by atoms with E-state index < -0.39 is 0 Å². The molecule has 1 saturated carbocycles. The fraction of sp³-hybridized carbons (Fsp3) is 0.619. The number of anilines is 1. The van der Waals surface area contributed by atoms with Gasteiger partial charge in [-0.1, -0.05) is 19.8 Å². The molecule has 1 aromatic carbocycles. The second-order valence-corrected chi connectivity index (χ2v) is 8.00. The molecule has 1 aliphatic carbocycles. The lowest BCUT2D eigenvalue weighted by Gasteiger charge is -2.33. The van der Waals surface area contributed by atoms with E-state index >= 15 is 0 Å². The van der Waals surface area contributed by atoms with Crippen molar-refractivity contribution in [2.45, 2.75) is 51.5 Å². The third-order valence-electron chi connectivity index (χ3n) is 5.74. The van der Waals surface area contributed by atoms with E-state index in [0.717, 1.165) is 37.1 Å². The number of fused-ring (bicyclic) bond motifs is 1. The van der Waals surface area contributed by atoms with Crippen LogP contribution in [0.2, 0.25) is 0 Å². The molecule has 1 aliphatic heterocycles. The van der Waals surface area contributed by atoms with E-state index in [0.29, 0.717) is 18.5 Å². The minimum atomic E-state index is 0.0222. The average molecular weight is 357 g/mol. The summed E-state index contributed by atoms with van der Waals surface area (Å²) in [6.45, 7) is 3.53. The lowest BCUT2D eigenvalue weighted by atomic mass is 9.86. The third kappa shape index (κ3) is 4.19. The Morgan fingerprint density at radius 3 is 2.69 bits per heavy atom. The van der Waals surface area contributed by atoms with Crippen molar-refractivity contribution in [1.82, 2.24) is 10.2 Å². The van der Waals surface area contributed by atoms with Gasteiger partial charge in [0.25, 0.3) is 5.91 Å². The molecule has 2 amide bonds. The molecule has 2 aliphatic rings. The summed E-state index contributed by atoms with van der Waals surface area (Å²) in [7, 11) is 3.54. The first-order chi connectivity index (χ1) is 12.5. The van der Waals surface area contributed by atoms with E-state index in [4.69, 9.17) is 0 Å². The van der Waals surface area contributed by atoms with Crippen molar-refractivity contribution in [2.75, 3.05) is 32.1 Å². The molecule has 0 spiro atoms. The first-order valence-electron chi connectivity index (χ1n) is 9.84. The van der Waals surface area contributed by atoms with Crippen LogP contribution in [0.4, 0.5) is 5.69 Å². The zero-order valence-electron chi connectivity index (χ0n) is 16.3. The van der Waals surface area contributed by atoms with Gasteiger partial charge in [0.05, 0.1) is 6.54 Å². The van der Waals surface area contributed by atoms with Gasteiger partial charge in [0.2, 0.25) is 5.91 Å². The minimum absolute atomic E-state index is 0.0222. The molecule has 0 bridgehead atoms. The van der Waals surface area contributed by atoms with Gasteiger partial charge in [-0.15, -0.1) is 0 Å². The normalized spacial score (nSPS) is 22.5. The van der Waals surface area contributed by atoms with Crippen LogP contribution >= 0.6 is 0 Å². The highest BCUT2D eigenvalue weighted by Gasteiger charge is 2.25. The lowest BCUT2D eigenvalue weighted by molar-refractivity contribution is -0.121. The first kappa shape index (κ1) is 18.7. The summed E-state index contributed by atoms with van der Waals surface area (Å²) in [6.07, 6.45) is 6.77. The average Bonchev–Trinajstić information content (AvgIpc) is 2.62. The Bertz CT molecular complexity index is 671. The number of hydrogen-bond acceptors (Lipinski definition) is 3. The Kier molecular flexibility index (Phi) is 5.84. The second-order valence-electron chi connectivity index (χ2n) is 8.00. The van der Waals surface area contributed by atoms with Crippen LogP contribution < -0.4 is 10.2 Å². The predicted molar refractivity (Wildman–Crippen MR) is 105 cm³/mol. The predicted octanol–water partition coefficient (Wildman–Crippen LogP) is 2.84. The Morgan fingerprint density at radius 1 is 1.19 bits per heavy atom. The second kappa shape index (κ2) is 8.11. The Labute approximate surface area is 156 Å². The molecule has 5 nitrogen and oxygen atoms in total. The molecule has 0 aromatic heterocycles. The highest BCUT2D eigenvalue weighted by atomic mass is 16.2. The number of aryl methyl sites for hydroxylation is 1. The molecule has 1 aromatic rings. The van der Waals surface area contributed by atoms with Crippen LogP contribution in [0, 0.1) is 5.92 Å². The van der Waals surface area contributed by atoms with Crippen molar-refractivity contribution in [3.05, 3.63) is 29.3 Å². The van der Waals surface area contributed by atoms with Crippen LogP contribution in [-0.4, -0.2) is 49.9 Å². The van der Waals surface area contributed by atoms with Crippen molar-refractivity contribution in [3.63, 3.8) is 0 Å². The van der Waals surface area contributed by atoms with Gasteiger partial charge in [0.1, 0.15) is 0 Å². The Balaban J connectivity index is 1.67. The van der Waals surface area contributed by atoms with Crippen LogP contribution in [0.1, 0.15) is 54.9 Å². The van der Waals surface area contributed by atoms with Gasteiger partial charge in [0.15, 0.2) is 0 Å². The summed E-state index contributed by atoms with van der Waals surface area (Å²) in [4.78, 5) is 28.5. The minimum Gasteiger partial charge on any atom is -0.362 e. The van der Waals surface area contributed by atoms with Gasteiger partial charge in [-0.05, 0) is 55.4 Å². The van der Waals surface area contributed by atoms with Crippen molar-refractivity contribution in [2.24, 2.45) is 5.92 Å². The summed E-state index contributed by atoms with van der Waals surface area (Å²) in [5.74, 6) is 0.708. The maximum absolute atomic E-state index is 12.6. The topological polar surface area (TPSA) is 52.7 Å². The van der Waals surface area contributed by atoms with E-state index in [1.165, 1.54) is 24.8 Å². The molecule has 142 valence electrons. The molecular weight excluding hydrogens is 326 g/mol. The molecule has 0 radical (unpaired) electrons. The van der Waals surface area contributed by atoms with Gasteiger partial charge < -0.3 is 15.1 Å². The molecule has 26 heavy (non-hydrogen) atoms. The third-order valence-corrected chi connectivity index (χ3v) is 5.74. The first-order valence-corrected chi connectivity index (χ1v) is 9.84. The number of carbonyl (C=O) groups is 2. The Morgan fingerprint density at radius 2 is 1.96 bits per heavy atom. The smallest absolute Gasteiger partial charge is 0.253 e. The summed E-state index contributed by atoms with van der Waals surface area (Å²) < 4.78 is 0. The Hall–Kier alpha value is -2.04. The molecule has 3 rings (SSSR count). The standard InChI is InChI=1S/C21H31N3O2/c1-15-7-4-5-9-18(15)22-20(25)14-24-12-6-8-16-13-17(10-11-19(16)24)21(26)23(2)3/h10-11,13,15,18H,4-9,12,14H2,1-3H3,(H,22,25)/t15-,18+/m0/s1. The van der Waals surface area contributed by atoms with Gasteiger partial charge in [-0.3, -0.25) is 9.59 Å². The fourth-order valence-electron chi connectivity index (χ4n) is 4.19. The summed E-state index contributed by atoms with van der Waals surface area (Å²) in [5.41, 5.74) is 2.98. The number of amides is 2. The number of benzene rings is 1. The quantitative estimate of drug-likeness (QED) is 0.901. The van der Waals surface area contributed by atoms with E-state index in [9.17, 15) is 9.59 Å². The number of hydrogen-bond donors (Lipinski definition) is 1. The van der Waals surface area contributed by atoms with Crippen molar-refractivity contribution >= 4 is 17.5 Å². The van der Waals surface area contributed by atoms with Crippen molar-refractivity contribution in [1.29, 1.82) is 0 Å². The van der Waals surface area contributed by atoms with Crippen LogP contribution in [0.3, 0.4) is 0 Å². The highest BCUT2D eigenvalue weighted by Crippen LogP contribution is 2.28. The molecule has 0 unspecified atom stereocenters. The van der Waals surface area contributed by atoms with E-state index in [2.05, 4.69) is 17.1 Å². The molecular formula is C21H31N3O2. The monoisotopic (exact) mass is 357 g/mol. The van der Waals surface area contributed by atoms with Crippen LogP contribution in [-0.2, 0) is 11.2 Å².